The largest absolute Gasteiger partial charge is 0.463 e. The minimum Gasteiger partial charge on any atom is -0.463 e. The number of hydrogen-bond acceptors (Lipinski definition) is 8. The number of benzene rings is 1. The zero-order valence-corrected chi connectivity index (χ0v) is 18.8. The molecular weight excluding hydrogens is 412 g/mol. The summed E-state index contributed by atoms with van der Waals surface area (Å²) in [4.78, 5) is 26.6. The quantitative estimate of drug-likeness (QED) is 0.490. The third-order valence-corrected chi connectivity index (χ3v) is 5.86. The van der Waals surface area contributed by atoms with Gasteiger partial charge < -0.3 is 30.0 Å². The maximum absolute atomic E-state index is 13.4. The van der Waals surface area contributed by atoms with Crippen molar-refractivity contribution in [3.05, 3.63) is 46.3 Å². The van der Waals surface area contributed by atoms with Crippen LogP contribution < -0.4 is 20.5 Å². The Morgan fingerprint density at radius 3 is 2.78 bits per heavy atom. The minimum absolute atomic E-state index is 0.0233. The Balaban J connectivity index is 1.86. The molecule has 8 heteroatoms. The van der Waals surface area contributed by atoms with E-state index in [1.54, 1.807) is 6.92 Å². The van der Waals surface area contributed by atoms with Crippen molar-refractivity contribution in [3.63, 3.8) is 0 Å². The number of ketones is 1. The predicted molar refractivity (Wildman–Crippen MR) is 117 cm³/mol. The van der Waals surface area contributed by atoms with Gasteiger partial charge >= 0.3 is 5.97 Å². The summed E-state index contributed by atoms with van der Waals surface area (Å²) in [6, 6.07) is 5.52. The van der Waals surface area contributed by atoms with Gasteiger partial charge in [-0.25, -0.2) is 4.79 Å². The van der Waals surface area contributed by atoms with Gasteiger partial charge in [0, 0.05) is 30.2 Å². The van der Waals surface area contributed by atoms with Gasteiger partial charge in [-0.05, 0) is 36.5 Å². The van der Waals surface area contributed by atoms with Crippen LogP contribution in [0.25, 0.3) is 0 Å². The molecule has 1 aromatic rings. The lowest BCUT2D eigenvalue weighted by Gasteiger charge is -2.40. The fourth-order valence-electron chi connectivity index (χ4n) is 4.60. The van der Waals surface area contributed by atoms with Gasteiger partial charge in [-0.1, -0.05) is 19.9 Å². The molecule has 2 aliphatic heterocycles. The Hall–Kier alpha value is -2.84. The first-order valence-electron chi connectivity index (χ1n) is 11.0. The summed E-state index contributed by atoms with van der Waals surface area (Å²) in [5, 5.41) is 3.36. The Bertz CT molecular complexity index is 994. The van der Waals surface area contributed by atoms with Crippen molar-refractivity contribution in [2.45, 2.75) is 39.5 Å². The zero-order chi connectivity index (χ0) is 22.9. The second-order valence-corrected chi connectivity index (χ2v) is 8.96. The molecule has 8 nitrogen and oxygen atoms in total. The first kappa shape index (κ1) is 22.4. The summed E-state index contributed by atoms with van der Waals surface area (Å²) < 4.78 is 22.1. The molecule has 3 N–H and O–H groups in total. The van der Waals surface area contributed by atoms with Crippen LogP contribution in [0.15, 0.2) is 40.7 Å². The van der Waals surface area contributed by atoms with Gasteiger partial charge in [-0.15, -0.1) is 0 Å². The molecule has 1 aliphatic carbocycles. The lowest BCUT2D eigenvalue weighted by Crippen LogP contribution is -2.40. The van der Waals surface area contributed by atoms with Crippen LogP contribution in [0.1, 0.15) is 45.1 Å². The number of carbonyl (C=O) groups is 2. The SMILES string of the molecule is CCOC(=O)C1=C(COCCN)NC2=C(C(=O)CC(C)(C)C2)C1c1ccc2c(c1)OCO2. The number of fused-ring (bicyclic) bond motifs is 1. The third kappa shape index (κ3) is 4.25. The van der Waals surface area contributed by atoms with Crippen molar-refractivity contribution in [2.75, 3.05) is 33.2 Å². The lowest BCUT2D eigenvalue weighted by molar-refractivity contribution is -0.139. The number of ether oxygens (including phenoxy) is 4. The van der Waals surface area contributed by atoms with Crippen LogP contribution in [0.5, 0.6) is 11.5 Å². The number of allylic oxidation sites excluding steroid dienone is 2. The van der Waals surface area contributed by atoms with E-state index >= 15 is 0 Å². The molecule has 1 aromatic carbocycles. The van der Waals surface area contributed by atoms with Gasteiger partial charge in [0.1, 0.15) is 0 Å². The fourth-order valence-corrected chi connectivity index (χ4v) is 4.60. The van der Waals surface area contributed by atoms with Gasteiger partial charge in [0.2, 0.25) is 6.79 Å². The molecule has 2 heterocycles. The first-order chi connectivity index (χ1) is 15.3. The van der Waals surface area contributed by atoms with Gasteiger partial charge in [0.15, 0.2) is 17.3 Å². The lowest BCUT2D eigenvalue weighted by atomic mass is 9.68. The molecule has 0 amide bonds. The topological polar surface area (TPSA) is 109 Å². The second kappa shape index (κ2) is 8.96. The number of dihydropyridines is 1. The summed E-state index contributed by atoms with van der Waals surface area (Å²) >= 11 is 0. The van der Waals surface area contributed by atoms with E-state index in [4.69, 9.17) is 24.7 Å². The highest BCUT2D eigenvalue weighted by molar-refractivity contribution is 6.04. The number of carbonyl (C=O) groups excluding carboxylic acids is 2. The Morgan fingerprint density at radius 1 is 1.25 bits per heavy atom. The molecule has 0 saturated heterocycles. The summed E-state index contributed by atoms with van der Waals surface area (Å²) in [7, 11) is 0. The molecule has 0 bridgehead atoms. The number of nitrogens with two attached hydrogens (primary N) is 1. The number of nitrogens with one attached hydrogen (secondary N) is 1. The molecule has 0 radical (unpaired) electrons. The molecule has 0 saturated carbocycles. The van der Waals surface area contributed by atoms with E-state index in [9.17, 15) is 9.59 Å². The monoisotopic (exact) mass is 442 g/mol. The van der Waals surface area contributed by atoms with E-state index in [-0.39, 0.29) is 31.2 Å². The molecule has 1 unspecified atom stereocenters. The Kier molecular flexibility index (Phi) is 6.26. The molecule has 0 spiro atoms. The fraction of sp³-hybridized carbons (Fsp3) is 0.500. The van der Waals surface area contributed by atoms with Crippen LogP contribution in [0, 0.1) is 5.41 Å². The maximum atomic E-state index is 13.4. The standard InChI is InChI=1S/C24H30N2O6/c1-4-30-23(28)22-16(12-29-8-7-25)26-15-10-24(2,3)11-17(27)21(15)20(22)14-5-6-18-19(9-14)32-13-31-18/h5-6,9,20,26H,4,7-8,10-13,25H2,1-3H3. The van der Waals surface area contributed by atoms with E-state index in [2.05, 4.69) is 19.2 Å². The number of esters is 1. The summed E-state index contributed by atoms with van der Waals surface area (Å²) in [6.45, 7) is 7.15. The predicted octanol–water partition coefficient (Wildman–Crippen LogP) is 2.54. The molecular formula is C24H30N2O6. The van der Waals surface area contributed by atoms with Crippen LogP contribution in [0.4, 0.5) is 0 Å². The highest BCUT2D eigenvalue weighted by Crippen LogP contribution is 2.48. The van der Waals surface area contributed by atoms with Crippen molar-refractivity contribution < 1.29 is 28.5 Å². The zero-order valence-electron chi connectivity index (χ0n) is 18.8. The average Bonchev–Trinajstić information content (AvgIpc) is 3.20. The molecule has 172 valence electrons. The molecule has 0 fully saturated rings. The van der Waals surface area contributed by atoms with Crippen LogP contribution in [0.3, 0.4) is 0 Å². The molecule has 1 atom stereocenters. The number of Topliss-reactive ketones (excluding diaryl/α,β-unsaturated/α-hetero) is 1. The van der Waals surface area contributed by atoms with Gasteiger partial charge in [0.25, 0.3) is 0 Å². The van der Waals surface area contributed by atoms with Crippen molar-refractivity contribution in [3.8, 4) is 11.5 Å². The maximum Gasteiger partial charge on any atom is 0.336 e. The molecule has 32 heavy (non-hydrogen) atoms. The summed E-state index contributed by atoms with van der Waals surface area (Å²) in [6.07, 6.45) is 1.09. The summed E-state index contributed by atoms with van der Waals surface area (Å²) in [5.41, 5.74) is 8.59. The minimum atomic E-state index is -0.583. The van der Waals surface area contributed by atoms with Crippen molar-refractivity contribution in [1.82, 2.24) is 5.32 Å². The average molecular weight is 443 g/mol. The van der Waals surface area contributed by atoms with Crippen LogP contribution in [-0.4, -0.2) is 44.9 Å². The van der Waals surface area contributed by atoms with Gasteiger partial charge in [-0.2, -0.15) is 0 Å². The van der Waals surface area contributed by atoms with Crippen LogP contribution >= 0.6 is 0 Å². The Labute approximate surface area is 187 Å². The smallest absolute Gasteiger partial charge is 0.336 e. The number of rotatable bonds is 7. The molecule has 0 aromatic heterocycles. The van der Waals surface area contributed by atoms with Gasteiger partial charge in [-0.3, -0.25) is 4.79 Å². The van der Waals surface area contributed by atoms with E-state index in [0.717, 1.165) is 11.3 Å². The highest BCUT2D eigenvalue weighted by Gasteiger charge is 2.44. The molecule has 3 aliphatic rings. The first-order valence-corrected chi connectivity index (χ1v) is 11.0. The van der Waals surface area contributed by atoms with E-state index in [0.29, 0.717) is 54.3 Å². The normalized spacial score (nSPS) is 21.4. The van der Waals surface area contributed by atoms with Gasteiger partial charge in [0.05, 0.1) is 31.1 Å². The van der Waals surface area contributed by atoms with Crippen molar-refractivity contribution >= 4 is 11.8 Å². The highest BCUT2D eigenvalue weighted by atomic mass is 16.7. The van der Waals surface area contributed by atoms with Crippen molar-refractivity contribution in [2.24, 2.45) is 11.1 Å². The Morgan fingerprint density at radius 2 is 2.03 bits per heavy atom. The van der Waals surface area contributed by atoms with Crippen LogP contribution in [-0.2, 0) is 19.1 Å². The van der Waals surface area contributed by atoms with E-state index < -0.39 is 11.9 Å². The number of hydrogen-bond donors (Lipinski definition) is 2. The van der Waals surface area contributed by atoms with E-state index in [1.807, 2.05) is 18.2 Å². The van der Waals surface area contributed by atoms with E-state index in [1.165, 1.54) is 0 Å². The summed E-state index contributed by atoms with van der Waals surface area (Å²) in [5.74, 6) is 0.199. The third-order valence-electron chi connectivity index (χ3n) is 5.86. The van der Waals surface area contributed by atoms with Crippen LogP contribution in [0.2, 0.25) is 0 Å². The second-order valence-electron chi connectivity index (χ2n) is 8.96. The van der Waals surface area contributed by atoms with Crippen molar-refractivity contribution in [1.29, 1.82) is 0 Å². The molecule has 4 rings (SSSR count).